The molecule has 14 nitrogen and oxygen atoms in total. The SMILES string of the molecule is C1CCC2C(C1)C1C(CCC3C4CCCCC4N(C4CC(C5CNC6CNNCC6C5)CC(C5CNC6CNNCC6C5)C4)C31)N2C1CC(C2CNC3CNNCC3C2)CC(C2CNC3CNNCC3C2)C1. The van der Waals surface area contributed by atoms with Crippen molar-refractivity contribution in [2.45, 2.75) is 189 Å². The second-order valence-electron chi connectivity index (χ2n) is 28.7. The molecule has 0 amide bonds. The molecule has 12 N–H and O–H groups in total. The number of nitrogens with zero attached hydrogens (tertiary/aromatic N) is 2. The Bertz CT molecular complexity index is 1760. The summed E-state index contributed by atoms with van der Waals surface area (Å²) in [5, 5.41) is 16.7. The first-order valence-corrected chi connectivity index (χ1v) is 32.0. The van der Waals surface area contributed by atoms with Crippen molar-refractivity contribution in [1.29, 1.82) is 0 Å². The summed E-state index contributed by atoms with van der Waals surface area (Å²) in [6, 6.07) is 7.45. The third kappa shape index (κ3) is 8.97. The zero-order chi connectivity index (χ0) is 47.3. The van der Waals surface area contributed by atoms with E-state index >= 15 is 0 Å². The van der Waals surface area contributed by atoms with Gasteiger partial charge in [0.25, 0.3) is 0 Å². The van der Waals surface area contributed by atoms with E-state index in [9.17, 15) is 0 Å². The highest BCUT2D eigenvalue weighted by Crippen LogP contribution is 2.62. The summed E-state index contributed by atoms with van der Waals surface area (Å²) in [7, 11) is 0. The highest BCUT2D eigenvalue weighted by molar-refractivity contribution is 5.18. The Labute approximate surface area is 434 Å². The Morgan fingerprint density at radius 3 is 1.06 bits per heavy atom. The van der Waals surface area contributed by atoms with Crippen LogP contribution in [-0.4, -0.2) is 149 Å². The van der Waals surface area contributed by atoms with Crippen molar-refractivity contribution in [3.8, 4) is 0 Å². The number of rotatable bonds is 6. The predicted octanol–water partition coefficient (Wildman–Crippen LogP) is 2.88. The third-order valence-corrected chi connectivity index (χ3v) is 25.7. The van der Waals surface area contributed by atoms with Crippen molar-refractivity contribution >= 4 is 0 Å². The summed E-state index contributed by atoms with van der Waals surface area (Å²) in [6.45, 7) is 13.9. The lowest BCUT2D eigenvalue weighted by atomic mass is 9.63. The fourth-order valence-electron chi connectivity index (χ4n) is 22.5. The van der Waals surface area contributed by atoms with Gasteiger partial charge in [-0.2, -0.15) is 0 Å². The first kappa shape index (κ1) is 48.6. The Balaban J connectivity index is 0.748. The molecule has 5 saturated carbocycles. The van der Waals surface area contributed by atoms with Gasteiger partial charge in [0.15, 0.2) is 0 Å². The molecule has 10 aliphatic heterocycles. The molecule has 404 valence electrons. The summed E-state index contributed by atoms with van der Waals surface area (Å²) >= 11 is 0. The average molecular weight is 996 g/mol. The maximum absolute atomic E-state index is 4.18. The van der Waals surface area contributed by atoms with E-state index in [0.717, 1.165) is 183 Å². The largest absolute Gasteiger partial charge is 0.312 e. The van der Waals surface area contributed by atoms with E-state index < -0.39 is 0 Å². The van der Waals surface area contributed by atoms with Crippen LogP contribution >= 0.6 is 0 Å². The molecule has 0 radical (unpaired) electrons. The minimum atomic E-state index is 0.645. The number of likely N-dealkylation sites (tertiary alicyclic amines) is 2. The zero-order valence-electron chi connectivity index (χ0n) is 44.5. The van der Waals surface area contributed by atoms with Crippen molar-refractivity contribution in [1.82, 2.24) is 74.5 Å². The topological polar surface area (TPSA) is 151 Å². The van der Waals surface area contributed by atoms with Crippen LogP contribution in [0.25, 0.3) is 0 Å². The van der Waals surface area contributed by atoms with Gasteiger partial charge in [-0.1, -0.05) is 25.7 Å². The van der Waals surface area contributed by atoms with Gasteiger partial charge in [0, 0.05) is 113 Å². The highest BCUT2D eigenvalue weighted by Gasteiger charge is 2.65. The molecule has 72 heavy (non-hydrogen) atoms. The Morgan fingerprint density at radius 1 is 0.250 bits per heavy atom. The molecule has 0 aromatic carbocycles. The average Bonchev–Trinajstić information content (AvgIpc) is 3.97. The smallest absolute Gasteiger partial charge is 0.0257 e. The van der Waals surface area contributed by atoms with Crippen LogP contribution in [0.3, 0.4) is 0 Å². The molecular weight excluding hydrogens is 893 g/mol. The summed E-state index contributed by atoms with van der Waals surface area (Å²) in [4.78, 5) is 7.04. The lowest BCUT2D eigenvalue weighted by Gasteiger charge is -2.54. The van der Waals surface area contributed by atoms with Crippen LogP contribution in [-0.2, 0) is 0 Å². The standard InChI is InChI=1S/C58H102N14/c1-3-7-54-47(5-1)48-9-10-56-57(58(48)72(54)46-19-35(39-15-43-27-65-69-31-52(43)61-23-39)12-36(20-46)40-16-44-28-66-70-32-53(44)62-24-40)49-6-2-4-8-55(49)71(56)45-17-33(37-13-41-25-63-67-29-50(41)59-21-37)11-34(18-45)38-14-42-26-64-68-30-51(42)60-22-38/h33-70H,1-32H2. The molecule has 15 aliphatic rings. The fourth-order valence-corrected chi connectivity index (χ4v) is 22.5. The molecule has 0 spiro atoms. The molecule has 15 fully saturated rings. The lowest BCUT2D eigenvalue weighted by Crippen LogP contribution is -2.62. The van der Waals surface area contributed by atoms with Crippen LogP contribution in [0.5, 0.6) is 0 Å². The minimum absolute atomic E-state index is 0.645. The number of hydrazine groups is 4. The first-order chi connectivity index (χ1) is 35.6. The summed E-state index contributed by atoms with van der Waals surface area (Å²) in [5.74, 6) is 13.5. The van der Waals surface area contributed by atoms with Crippen LogP contribution in [0, 0.1) is 94.7 Å². The van der Waals surface area contributed by atoms with E-state index in [0.29, 0.717) is 24.2 Å². The van der Waals surface area contributed by atoms with Crippen molar-refractivity contribution in [2.75, 3.05) is 78.5 Å². The van der Waals surface area contributed by atoms with Crippen LogP contribution in [0.15, 0.2) is 0 Å². The van der Waals surface area contributed by atoms with Gasteiger partial charge >= 0.3 is 0 Å². The monoisotopic (exact) mass is 995 g/mol. The number of piperidine rings is 4. The minimum Gasteiger partial charge on any atom is -0.312 e. The van der Waals surface area contributed by atoms with Crippen LogP contribution in [0.2, 0.25) is 0 Å². The Hall–Kier alpha value is -0.560. The predicted molar refractivity (Wildman–Crippen MR) is 286 cm³/mol. The van der Waals surface area contributed by atoms with E-state index in [1.807, 2.05) is 0 Å². The molecule has 0 aromatic heterocycles. The van der Waals surface area contributed by atoms with Gasteiger partial charge in [0.2, 0.25) is 0 Å². The summed E-state index contributed by atoms with van der Waals surface area (Å²) < 4.78 is 0. The maximum Gasteiger partial charge on any atom is 0.0257 e. The van der Waals surface area contributed by atoms with E-state index in [1.54, 1.807) is 0 Å². The lowest BCUT2D eigenvalue weighted by molar-refractivity contribution is -0.0374. The molecule has 15 rings (SSSR count). The van der Waals surface area contributed by atoms with Gasteiger partial charge in [-0.05, 0) is 224 Å². The van der Waals surface area contributed by atoms with Gasteiger partial charge in [-0.15, -0.1) is 0 Å². The highest BCUT2D eigenvalue weighted by atomic mass is 15.4. The quantitative estimate of drug-likeness (QED) is 0.189. The third-order valence-electron chi connectivity index (χ3n) is 25.7. The van der Waals surface area contributed by atoms with E-state index in [4.69, 9.17) is 0 Å². The molecular formula is C58H102N14. The van der Waals surface area contributed by atoms with E-state index in [1.165, 1.54) is 155 Å². The molecule has 10 saturated heterocycles. The van der Waals surface area contributed by atoms with Gasteiger partial charge in [0.05, 0.1) is 0 Å². The Kier molecular flexibility index (Phi) is 14.1. The van der Waals surface area contributed by atoms with Crippen LogP contribution in [0.1, 0.15) is 128 Å². The second-order valence-corrected chi connectivity index (χ2v) is 28.7. The normalized spacial score (nSPS) is 55.2. The first-order valence-electron chi connectivity index (χ1n) is 32.0. The van der Waals surface area contributed by atoms with Gasteiger partial charge in [-0.25, -0.2) is 0 Å². The number of nitrogens with one attached hydrogen (secondary N) is 12. The van der Waals surface area contributed by atoms with Crippen molar-refractivity contribution in [3.63, 3.8) is 0 Å². The fraction of sp³-hybridized carbons (Fsp3) is 1.00. The van der Waals surface area contributed by atoms with Gasteiger partial charge in [0.1, 0.15) is 0 Å². The summed E-state index contributed by atoms with van der Waals surface area (Å²) in [6.07, 6.45) is 29.7. The number of fused-ring (bicyclic) bond motifs is 11. The second kappa shape index (κ2) is 20.9. The van der Waals surface area contributed by atoms with E-state index in [-0.39, 0.29) is 0 Å². The Morgan fingerprint density at radius 2 is 0.611 bits per heavy atom. The molecule has 24 atom stereocenters. The van der Waals surface area contributed by atoms with Gasteiger partial charge < -0.3 is 21.3 Å². The number of hydrogen-bond donors (Lipinski definition) is 12. The number of hydrogen-bond acceptors (Lipinski definition) is 14. The molecule has 24 unspecified atom stereocenters. The van der Waals surface area contributed by atoms with Gasteiger partial charge in [-0.3, -0.25) is 53.2 Å². The van der Waals surface area contributed by atoms with Crippen LogP contribution < -0.4 is 64.7 Å². The zero-order valence-corrected chi connectivity index (χ0v) is 44.5. The molecule has 0 bridgehead atoms. The van der Waals surface area contributed by atoms with Crippen molar-refractivity contribution in [2.24, 2.45) is 94.7 Å². The molecule has 14 heteroatoms. The van der Waals surface area contributed by atoms with Crippen molar-refractivity contribution in [3.05, 3.63) is 0 Å². The molecule has 0 aromatic rings. The van der Waals surface area contributed by atoms with Crippen molar-refractivity contribution < 1.29 is 0 Å². The molecule has 10 heterocycles. The van der Waals surface area contributed by atoms with Crippen LogP contribution in [0.4, 0.5) is 0 Å². The molecule has 5 aliphatic carbocycles. The summed E-state index contributed by atoms with van der Waals surface area (Å²) in [5.41, 5.74) is 28.4. The maximum atomic E-state index is 4.18. The van der Waals surface area contributed by atoms with E-state index in [2.05, 4.69) is 74.5 Å².